The third-order valence-corrected chi connectivity index (χ3v) is 6.13. The summed E-state index contributed by atoms with van der Waals surface area (Å²) < 4.78 is 18.4. The Bertz CT molecular complexity index is 1180. The van der Waals surface area contributed by atoms with Crippen LogP contribution in [0.5, 0.6) is 17.2 Å². The van der Waals surface area contributed by atoms with Gasteiger partial charge in [-0.3, -0.25) is 9.36 Å². The number of carbonyl (C=O) groups is 1. The van der Waals surface area contributed by atoms with E-state index < -0.39 is 0 Å². The van der Waals surface area contributed by atoms with Gasteiger partial charge < -0.3 is 19.5 Å². The first-order valence-electron chi connectivity index (χ1n) is 10.4. The number of rotatable bonds is 11. The monoisotopic (exact) mass is 502 g/mol. The highest BCUT2D eigenvalue weighted by molar-refractivity contribution is 7.99. The molecule has 1 heterocycles. The lowest BCUT2D eigenvalue weighted by atomic mass is 10.1. The van der Waals surface area contributed by atoms with Crippen molar-refractivity contribution in [2.24, 2.45) is 0 Å². The fourth-order valence-corrected chi connectivity index (χ4v) is 4.22. The van der Waals surface area contributed by atoms with Gasteiger partial charge in [-0.2, -0.15) is 0 Å². The minimum absolute atomic E-state index is 0.112. The zero-order valence-electron chi connectivity index (χ0n) is 19.6. The van der Waals surface area contributed by atoms with Gasteiger partial charge in [0.15, 0.2) is 11.0 Å². The van der Waals surface area contributed by atoms with Crippen LogP contribution in [0.4, 0.5) is 5.69 Å². The Kier molecular flexibility index (Phi) is 8.84. The summed E-state index contributed by atoms with van der Waals surface area (Å²) in [6, 6.07) is 9.22. The molecule has 0 spiro atoms. The molecule has 0 saturated heterocycles. The standard InChI is InChI=1S/C24H27ClN4O4S/c1-6-9-29-22(13-33-19-8-7-15(2)10-16(19)3)27-28-24(29)34-14-23(30)26-18-12-20(31-4)17(25)11-21(18)32-5/h6-8,10-12H,1,9,13-14H2,2-5H3,(H,26,30). The second kappa shape index (κ2) is 11.8. The number of methoxy groups -OCH3 is 2. The first kappa shape index (κ1) is 25.5. The van der Waals surface area contributed by atoms with E-state index in [9.17, 15) is 4.79 Å². The summed E-state index contributed by atoms with van der Waals surface area (Å²) in [5.74, 6) is 2.18. The molecule has 0 fully saturated rings. The summed E-state index contributed by atoms with van der Waals surface area (Å²) in [6.07, 6.45) is 1.75. The van der Waals surface area contributed by atoms with Gasteiger partial charge in [-0.25, -0.2) is 0 Å². The first-order chi connectivity index (χ1) is 16.4. The van der Waals surface area contributed by atoms with Crippen molar-refractivity contribution >= 4 is 35.0 Å². The fraction of sp³-hybridized carbons (Fsp3) is 0.292. The third kappa shape index (κ3) is 6.24. The van der Waals surface area contributed by atoms with Gasteiger partial charge in [-0.1, -0.05) is 47.1 Å². The summed E-state index contributed by atoms with van der Waals surface area (Å²) in [5, 5.41) is 12.3. The molecule has 0 radical (unpaired) electrons. The summed E-state index contributed by atoms with van der Waals surface area (Å²) in [7, 11) is 3.00. The minimum Gasteiger partial charge on any atom is -0.495 e. The Morgan fingerprint density at radius 3 is 2.59 bits per heavy atom. The predicted molar refractivity (Wildman–Crippen MR) is 134 cm³/mol. The molecule has 1 N–H and O–H groups in total. The lowest BCUT2D eigenvalue weighted by Gasteiger charge is -2.13. The Balaban J connectivity index is 1.67. The number of benzene rings is 2. The van der Waals surface area contributed by atoms with Crippen LogP contribution in [0.2, 0.25) is 5.02 Å². The van der Waals surface area contributed by atoms with Gasteiger partial charge in [0.2, 0.25) is 5.91 Å². The minimum atomic E-state index is -0.242. The number of nitrogens with one attached hydrogen (secondary N) is 1. The number of ether oxygens (including phenoxy) is 3. The molecule has 0 saturated carbocycles. The van der Waals surface area contributed by atoms with Gasteiger partial charge >= 0.3 is 0 Å². The van der Waals surface area contributed by atoms with Crippen LogP contribution in [0, 0.1) is 13.8 Å². The molecule has 0 bridgehead atoms. The first-order valence-corrected chi connectivity index (χ1v) is 11.8. The van der Waals surface area contributed by atoms with Crippen molar-refractivity contribution in [2.45, 2.75) is 32.2 Å². The molecule has 34 heavy (non-hydrogen) atoms. The highest BCUT2D eigenvalue weighted by Crippen LogP contribution is 2.36. The molecule has 10 heteroatoms. The summed E-state index contributed by atoms with van der Waals surface area (Å²) in [4.78, 5) is 12.6. The van der Waals surface area contributed by atoms with Crippen LogP contribution in [0.3, 0.4) is 0 Å². The maximum Gasteiger partial charge on any atom is 0.234 e. The van der Waals surface area contributed by atoms with E-state index in [0.29, 0.717) is 39.7 Å². The zero-order valence-corrected chi connectivity index (χ0v) is 21.1. The second-order valence-electron chi connectivity index (χ2n) is 7.38. The molecule has 0 aliphatic heterocycles. The molecule has 3 rings (SSSR count). The fourth-order valence-electron chi connectivity index (χ4n) is 3.22. The number of carbonyl (C=O) groups excluding carboxylic acids is 1. The molecule has 1 amide bonds. The van der Waals surface area contributed by atoms with Crippen molar-refractivity contribution in [3.8, 4) is 17.2 Å². The topological polar surface area (TPSA) is 87.5 Å². The smallest absolute Gasteiger partial charge is 0.234 e. The van der Waals surface area contributed by atoms with E-state index >= 15 is 0 Å². The van der Waals surface area contributed by atoms with Crippen molar-refractivity contribution < 1.29 is 19.0 Å². The molecule has 1 aromatic heterocycles. The number of aryl methyl sites for hydroxylation is 2. The van der Waals surface area contributed by atoms with Gasteiger partial charge in [0.25, 0.3) is 0 Å². The lowest BCUT2D eigenvalue weighted by Crippen LogP contribution is -2.15. The normalized spacial score (nSPS) is 10.6. The molecular weight excluding hydrogens is 476 g/mol. The number of anilines is 1. The molecule has 0 unspecified atom stereocenters. The van der Waals surface area contributed by atoms with E-state index in [4.69, 9.17) is 25.8 Å². The van der Waals surface area contributed by atoms with E-state index in [2.05, 4.69) is 28.2 Å². The number of nitrogens with zero attached hydrogens (tertiary/aromatic N) is 3. The van der Waals surface area contributed by atoms with Crippen molar-refractivity contribution in [2.75, 3.05) is 25.3 Å². The molecule has 0 atom stereocenters. The summed E-state index contributed by atoms with van der Waals surface area (Å²) in [6.45, 7) is 8.59. The van der Waals surface area contributed by atoms with Gasteiger partial charge in [0.1, 0.15) is 23.9 Å². The highest BCUT2D eigenvalue weighted by atomic mass is 35.5. The number of hydrogen-bond acceptors (Lipinski definition) is 7. The Morgan fingerprint density at radius 1 is 1.15 bits per heavy atom. The zero-order chi connectivity index (χ0) is 24.7. The average Bonchev–Trinajstić information content (AvgIpc) is 3.19. The van der Waals surface area contributed by atoms with Crippen LogP contribution in [0.15, 0.2) is 48.1 Å². The van der Waals surface area contributed by atoms with Crippen molar-refractivity contribution in [3.05, 3.63) is 65.0 Å². The van der Waals surface area contributed by atoms with Gasteiger partial charge in [0.05, 0.1) is 30.7 Å². The number of allylic oxidation sites excluding steroid dienone is 1. The Hall–Kier alpha value is -3.17. The SMILES string of the molecule is C=CCn1c(COc2ccc(C)cc2C)nnc1SCC(=O)Nc1cc(OC)c(Cl)cc1OC. The molecule has 0 aliphatic carbocycles. The van der Waals surface area contributed by atoms with Gasteiger partial charge in [0, 0.05) is 18.7 Å². The Morgan fingerprint density at radius 2 is 1.91 bits per heavy atom. The highest BCUT2D eigenvalue weighted by Gasteiger charge is 2.16. The molecule has 8 nitrogen and oxygen atoms in total. The van der Waals surface area contributed by atoms with Crippen LogP contribution in [-0.2, 0) is 17.9 Å². The van der Waals surface area contributed by atoms with Crippen molar-refractivity contribution in [1.82, 2.24) is 14.8 Å². The number of halogens is 1. The van der Waals surface area contributed by atoms with E-state index in [1.165, 1.54) is 31.5 Å². The number of hydrogen-bond donors (Lipinski definition) is 1. The van der Waals surface area contributed by atoms with E-state index in [-0.39, 0.29) is 18.3 Å². The summed E-state index contributed by atoms with van der Waals surface area (Å²) >= 11 is 7.39. The maximum absolute atomic E-state index is 12.6. The van der Waals surface area contributed by atoms with Crippen molar-refractivity contribution in [1.29, 1.82) is 0 Å². The van der Waals surface area contributed by atoms with Crippen LogP contribution < -0.4 is 19.5 Å². The average molecular weight is 503 g/mol. The van der Waals surface area contributed by atoms with E-state index in [1.54, 1.807) is 18.2 Å². The Labute approximate surface area is 208 Å². The summed E-state index contributed by atoms with van der Waals surface area (Å²) in [5.41, 5.74) is 2.69. The van der Waals surface area contributed by atoms with Crippen LogP contribution in [0.1, 0.15) is 17.0 Å². The van der Waals surface area contributed by atoms with E-state index in [1.807, 2.05) is 30.5 Å². The quantitative estimate of drug-likeness (QED) is 0.289. The lowest BCUT2D eigenvalue weighted by molar-refractivity contribution is -0.113. The van der Waals surface area contributed by atoms with E-state index in [0.717, 1.165) is 11.3 Å². The predicted octanol–water partition coefficient (Wildman–Crippen LogP) is 5.06. The van der Waals surface area contributed by atoms with Crippen LogP contribution >= 0.6 is 23.4 Å². The van der Waals surface area contributed by atoms with Gasteiger partial charge in [-0.05, 0) is 25.5 Å². The van der Waals surface area contributed by atoms with Crippen LogP contribution in [0.25, 0.3) is 0 Å². The third-order valence-electron chi connectivity index (χ3n) is 4.87. The van der Waals surface area contributed by atoms with Crippen LogP contribution in [-0.4, -0.2) is 40.6 Å². The molecular formula is C24H27ClN4O4S. The molecule has 3 aromatic rings. The second-order valence-corrected chi connectivity index (χ2v) is 8.73. The molecule has 0 aliphatic rings. The number of aromatic nitrogens is 3. The molecule has 2 aromatic carbocycles. The van der Waals surface area contributed by atoms with Crippen molar-refractivity contribution in [3.63, 3.8) is 0 Å². The maximum atomic E-state index is 12.6. The van der Waals surface area contributed by atoms with Gasteiger partial charge in [-0.15, -0.1) is 16.8 Å². The number of thioether (sulfide) groups is 1. The molecule has 180 valence electrons. The largest absolute Gasteiger partial charge is 0.495 e. The number of amides is 1.